The molecule has 0 aromatic heterocycles. The number of carbonyl (C=O) groups is 2. The van der Waals surface area contributed by atoms with Crippen molar-refractivity contribution >= 4 is 24.6 Å². The van der Waals surface area contributed by atoms with Crippen LogP contribution in [0.4, 0.5) is 4.79 Å². The Kier molecular flexibility index (Phi) is 7.17. The zero-order valence-electron chi connectivity index (χ0n) is 13.1. The van der Waals surface area contributed by atoms with E-state index in [1.54, 1.807) is 0 Å². The van der Waals surface area contributed by atoms with Crippen molar-refractivity contribution in [1.29, 1.82) is 0 Å². The van der Waals surface area contributed by atoms with Gasteiger partial charge in [0.05, 0.1) is 0 Å². The van der Waals surface area contributed by atoms with Crippen molar-refractivity contribution in [2.24, 2.45) is 0 Å². The van der Waals surface area contributed by atoms with Gasteiger partial charge < -0.3 is 15.4 Å². The second-order valence-electron chi connectivity index (χ2n) is 5.14. The third-order valence-corrected chi connectivity index (χ3v) is 3.68. The molecule has 0 spiro atoms. The number of thiol groups is 1. The minimum absolute atomic E-state index is 0.150. The summed E-state index contributed by atoms with van der Waals surface area (Å²) in [6, 6.07) is 18.1. The van der Waals surface area contributed by atoms with Gasteiger partial charge in [-0.15, -0.1) is 0 Å². The molecule has 0 aliphatic carbocycles. The highest BCUT2D eigenvalue weighted by Crippen LogP contribution is 2.02. The fourth-order valence-corrected chi connectivity index (χ4v) is 2.27. The molecule has 5 nitrogen and oxygen atoms in total. The monoisotopic (exact) mass is 344 g/mol. The lowest BCUT2D eigenvalue weighted by Crippen LogP contribution is -2.47. The predicted molar refractivity (Wildman–Crippen MR) is 95.7 cm³/mol. The zero-order chi connectivity index (χ0) is 17.2. The molecule has 1 atom stereocenters. The number of rotatable bonds is 7. The van der Waals surface area contributed by atoms with E-state index in [9.17, 15) is 9.59 Å². The Morgan fingerprint density at radius 2 is 1.54 bits per heavy atom. The molecule has 2 N–H and O–H groups in total. The smallest absolute Gasteiger partial charge is 0.408 e. The topological polar surface area (TPSA) is 67.4 Å². The first-order chi connectivity index (χ1) is 11.7. The maximum absolute atomic E-state index is 12.1. The predicted octanol–water partition coefficient (Wildman–Crippen LogP) is 2.53. The number of carbonyl (C=O) groups excluding carboxylic acids is 2. The molecule has 6 heteroatoms. The molecule has 0 radical (unpaired) electrons. The summed E-state index contributed by atoms with van der Waals surface area (Å²) >= 11 is 4.12. The van der Waals surface area contributed by atoms with Crippen molar-refractivity contribution in [1.82, 2.24) is 10.6 Å². The molecular formula is C18H20N2O3S. The average molecular weight is 344 g/mol. The Morgan fingerprint density at radius 3 is 2.12 bits per heavy atom. The van der Waals surface area contributed by atoms with Crippen LogP contribution in [0.15, 0.2) is 60.7 Å². The van der Waals surface area contributed by atoms with Crippen LogP contribution in [0.2, 0.25) is 0 Å². The first-order valence-electron chi connectivity index (χ1n) is 7.58. The van der Waals surface area contributed by atoms with Crippen LogP contribution in [0.25, 0.3) is 0 Å². The molecule has 126 valence electrons. The minimum Gasteiger partial charge on any atom is -0.445 e. The number of amides is 2. The second kappa shape index (κ2) is 9.62. The van der Waals surface area contributed by atoms with Gasteiger partial charge in [0.1, 0.15) is 12.6 Å². The van der Waals surface area contributed by atoms with E-state index in [1.807, 2.05) is 60.7 Å². The quantitative estimate of drug-likeness (QED) is 0.676. The molecule has 0 heterocycles. The highest BCUT2D eigenvalue weighted by molar-refractivity contribution is 7.80. The Bertz CT molecular complexity index is 650. The standard InChI is InChI=1S/C18H20N2O3S/c21-17(19-11-14-7-3-1-4-8-14)16(13-24)20-18(22)23-12-15-9-5-2-6-10-15/h1-10,16,24H,11-13H2,(H,19,21)(H,20,22)/t16-/m0/s1. The number of hydrogen-bond donors (Lipinski definition) is 3. The van der Waals surface area contributed by atoms with E-state index < -0.39 is 12.1 Å². The van der Waals surface area contributed by atoms with Crippen LogP contribution < -0.4 is 10.6 Å². The largest absolute Gasteiger partial charge is 0.445 e. The van der Waals surface area contributed by atoms with E-state index in [4.69, 9.17) is 4.74 Å². The molecule has 2 aromatic rings. The van der Waals surface area contributed by atoms with E-state index in [1.165, 1.54) is 0 Å². The molecule has 0 aliphatic heterocycles. The molecule has 24 heavy (non-hydrogen) atoms. The summed E-state index contributed by atoms with van der Waals surface area (Å²) in [4.78, 5) is 23.9. The SMILES string of the molecule is O=C(N[C@@H](CS)C(=O)NCc1ccccc1)OCc1ccccc1. The highest BCUT2D eigenvalue weighted by atomic mass is 32.1. The molecule has 0 bridgehead atoms. The third kappa shape index (κ3) is 5.96. The van der Waals surface area contributed by atoms with Crippen LogP contribution in [0.3, 0.4) is 0 Å². The average Bonchev–Trinajstić information content (AvgIpc) is 2.64. The fourth-order valence-electron chi connectivity index (χ4n) is 2.01. The van der Waals surface area contributed by atoms with Gasteiger partial charge in [0, 0.05) is 12.3 Å². The summed E-state index contributed by atoms with van der Waals surface area (Å²) in [5.41, 5.74) is 1.86. The summed E-state index contributed by atoms with van der Waals surface area (Å²) in [7, 11) is 0. The van der Waals surface area contributed by atoms with Crippen molar-refractivity contribution in [3.8, 4) is 0 Å². The Labute approximate surface area is 146 Å². The number of alkyl carbamates (subject to hydrolysis) is 1. The normalized spacial score (nSPS) is 11.4. The van der Waals surface area contributed by atoms with E-state index in [0.29, 0.717) is 6.54 Å². The number of hydrogen-bond acceptors (Lipinski definition) is 4. The Morgan fingerprint density at radius 1 is 0.958 bits per heavy atom. The molecular weight excluding hydrogens is 324 g/mol. The summed E-state index contributed by atoms with van der Waals surface area (Å²) < 4.78 is 5.11. The van der Waals surface area contributed by atoms with Crippen molar-refractivity contribution < 1.29 is 14.3 Å². The molecule has 2 amide bonds. The van der Waals surface area contributed by atoms with Gasteiger partial charge in [-0.3, -0.25) is 4.79 Å². The number of ether oxygens (including phenoxy) is 1. The van der Waals surface area contributed by atoms with Crippen LogP contribution in [0, 0.1) is 0 Å². The van der Waals surface area contributed by atoms with Gasteiger partial charge in [0.25, 0.3) is 0 Å². The van der Waals surface area contributed by atoms with Gasteiger partial charge in [-0.25, -0.2) is 4.79 Å². The van der Waals surface area contributed by atoms with Gasteiger partial charge >= 0.3 is 6.09 Å². The molecule has 2 rings (SSSR count). The minimum atomic E-state index is -0.750. The lowest BCUT2D eigenvalue weighted by Gasteiger charge is -2.16. The number of benzene rings is 2. The molecule has 0 fully saturated rings. The van der Waals surface area contributed by atoms with Crippen molar-refractivity contribution in [2.75, 3.05) is 5.75 Å². The Hall–Kier alpha value is -2.47. The number of nitrogens with one attached hydrogen (secondary N) is 2. The summed E-state index contributed by atoms with van der Waals surface area (Å²) in [5.74, 6) is -0.119. The fraction of sp³-hybridized carbons (Fsp3) is 0.222. The van der Waals surface area contributed by atoms with Crippen LogP contribution >= 0.6 is 12.6 Å². The highest BCUT2D eigenvalue weighted by Gasteiger charge is 2.19. The molecule has 2 aromatic carbocycles. The van der Waals surface area contributed by atoms with E-state index >= 15 is 0 Å². The lowest BCUT2D eigenvalue weighted by molar-refractivity contribution is -0.122. The third-order valence-electron chi connectivity index (χ3n) is 3.31. The lowest BCUT2D eigenvalue weighted by atomic mass is 10.2. The first-order valence-corrected chi connectivity index (χ1v) is 8.22. The summed E-state index contributed by atoms with van der Waals surface area (Å²) in [5, 5.41) is 5.29. The van der Waals surface area contributed by atoms with Crippen LogP contribution in [0.1, 0.15) is 11.1 Å². The van der Waals surface area contributed by atoms with Gasteiger partial charge in [0.2, 0.25) is 5.91 Å². The van der Waals surface area contributed by atoms with Gasteiger partial charge in [0.15, 0.2) is 0 Å². The molecule has 0 saturated carbocycles. The molecule has 0 saturated heterocycles. The molecule has 0 unspecified atom stereocenters. The van der Waals surface area contributed by atoms with Crippen LogP contribution in [-0.2, 0) is 22.7 Å². The van der Waals surface area contributed by atoms with Crippen molar-refractivity contribution in [2.45, 2.75) is 19.2 Å². The van der Waals surface area contributed by atoms with E-state index in [2.05, 4.69) is 23.3 Å². The maximum Gasteiger partial charge on any atom is 0.408 e. The van der Waals surface area contributed by atoms with Gasteiger partial charge in [-0.1, -0.05) is 60.7 Å². The van der Waals surface area contributed by atoms with Crippen LogP contribution in [-0.4, -0.2) is 23.8 Å². The van der Waals surface area contributed by atoms with Crippen LogP contribution in [0.5, 0.6) is 0 Å². The Balaban J connectivity index is 1.77. The molecule has 0 aliphatic rings. The maximum atomic E-state index is 12.1. The van der Waals surface area contributed by atoms with E-state index in [0.717, 1.165) is 11.1 Å². The van der Waals surface area contributed by atoms with E-state index in [-0.39, 0.29) is 18.3 Å². The second-order valence-corrected chi connectivity index (χ2v) is 5.51. The van der Waals surface area contributed by atoms with Gasteiger partial charge in [-0.2, -0.15) is 12.6 Å². The first kappa shape index (κ1) is 17.9. The summed E-state index contributed by atoms with van der Waals surface area (Å²) in [6.45, 7) is 0.544. The van der Waals surface area contributed by atoms with Crippen molar-refractivity contribution in [3.05, 3.63) is 71.8 Å². The van der Waals surface area contributed by atoms with Gasteiger partial charge in [-0.05, 0) is 11.1 Å². The summed E-state index contributed by atoms with van der Waals surface area (Å²) in [6.07, 6.45) is -0.646. The van der Waals surface area contributed by atoms with Crippen molar-refractivity contribution in [3.63, 3.8) is 0 Å². The zero-order valence-corrected chi connectivity index (χ0v) is 14.0.